The zero-order chi connectivity index (χ0) is 12.5. The molecule has 6 heteroatoms. The summed E-state index contributed by atoms with van der Waals surface area (Å²) in [4.78, 5) is 0. The van der Waals surface area contributed by atoms with Gasteiger partial charge in [-0.05, 0) is 26.2 Å². The largest absolute Gasteiger partial charge is 0.377 e. The molecule has 2 unspecified atom stereocenters. The molecule has 2 aliphatic rings. The summed E-state index contributed by atoms with van der Waals surface area (Å²) in [6.45, 7) is 3.15. The highest BCUT2D eigenvalue weighted by molar-refractivity contribution is 7.89. The van der Waals surface area contributed by atoms with Crippen LogP contribution in [-0.4, -0.2) is 56.9 Å². The minimum absolute atomic E-state index is 0.000856. The van der Waals surface area contributed by atoms with Gasteiger partial charge in [0.15, 0.2) is 0 Å². The van der Waals surface area contributed by atoms with Crippen LogP contribution in [0.3, 0.4) is 0 Å². The van der Waals surface area contributed by atoms with Gasteiger partial charge in [-0.25, -0.2) is 8.42 Å². The number of nitrogens with zero attached hydrogens (tertiary/aromatic N) is 1. The van der Waals surface area contributed by atoms with E-state index in [1.54, 1.807) is 7.05 Å². The van der Waals surface area contributed by atoms with E-state index in [-0.39, 0.29) is 17.9 Å². The van der Waals surface area contributed by atoms with E-state index in [0.29, 0.717) is 19.2 Å². The van der Waals surface area contributed by atoms with Crippen LogP contribution in [0, 0.1) is 0 Å². The maximum absolute atomic E-state index is 12.1. The second-order valence-corrected chi connectivity index (χ2v) is 7.14. The van der Waals surface area contributed by atoms with Crippen molar-refractivity contribution in [3.05, 3.63) is 0 Å². The van der Waals surface area contributed by atoms with Gasteiger partial charge in [-0.3, -0.25) is 0 Å². The SMILES string of the molecule is CC1OCCC1N(C)S(=O)(=O)CCNC1CC1. The fourth-order valence-electron chi connectivity index (χ4n) is 2.23. The molecule has 0 bridgehead atoms. The Morgan fingerprint density at radius 3 is 2.59 bits per heavy atom. The van der Waals surface area contributed by atoms with E-state index in [9.17, 15) is 8.42 Å². The molecule has 0 aromatic heterocycles. The molecule has 0 radical (unpaired) electrons. The van der Waals surface area contributed by atoms with E-state index < -0.39 is 10.0 Å². The lowest BCUT2D eigenvalue weighted by Crippen LogP contribution is -2.43. The molecule has 1 aliphatic heterocycles. The molecule has 5 nitrogen and oxygen atoms in total. The molecular weight excluding hydrogens is 240 g/mol. The number of likely N-dealkylation sites (N-methyl/N-ethyl adjacent to an activating group) is 1. The Morgan fingerprint density at radius 1 is 1.35 bits per heavy atom. The van der Waals surface area contributed by atoms with Crippen LogP contribution in [0.25, 0.3) is 0 Å². The van der Waals surface area contributed by atoms with Gasteiger partial charge in [-0.15, -0.1) is 0 Å². The lowest BCUT2D eigenvalue weighted by Gasteiger charge is -2.26. The number of hydrogen-bond acceptors (Lipinski definition) is 4. The highest BCUT2D eigenvalue weighted by Crippen LogP contribution is 2.21. The first-order valence-corrected chi connectivity index (χ1v) is 7.92. The number of rotatable bonds is 6. The molecule has 2 rings (SSSR count). The Kier molecular flexibility index (Phi) is 4.07. The molecule has 2 atom stereocenters. The summed E-state index contributed by atoms with van der Waals surface area (Å²) in [7, 11) is -1.48. The molecule has 100 valence electrons. The smallest absolute Gasteiger partial charge is 0.215 e. The topological polar surface area (TPSA) is 58.6 Å². The van der Waals surface area contributed by atoms with Crippen molar-refractivity contribution in [2.24, 2.45) is 0 Å². The zero-order valence-corrected chi connectivity index (χ0v) is 11.4. The lowest BCUT2D eigenvalue weighted by atomic mass is 10.2. The van der Waals surface area contributed by atoms with Gasteiger partial charge in [-0.2, -0.15) is 4.31 Å². The van der Waals surface area contributed by atoms with Crippen molar-refractivity contribution in [3.8, 4) is 0 Å². The van der Waals surface area contributed by atoms with E-state index in [4.69, 9.17) is 4.74 Å². The van der Waals surface area contributed by atoms with Crippen molar-refractivity contribution < 1.29 is 13.2 Å². The number of ether oxygens (including phenoxy) is 1. The maximum atomic E-state index is 12.1. The maximum Gasteiger partial charge on any atom is 0.215 e. The minimum atomic E-state index is -3.15. The normalized spacial score (nSPS) is 30.1. The Hall–Kier alpha value is -0.170. The van der Waals surface area contributed by atoms with Crippen molar-refractivity contribution in [1.29, 1.82) is 0 Å². The molecule has 0 amide bonds. The predicted octanol–water partition coefficient (Wildman–Crippen LogP) is 0.177. The summed E-state index contributed by atoms with van der Waals surface area (Å²) in [6, 6.07) is 0.560. The van der Waals surface area contributed by atoms with Crippen LogP contribution in [0.4, 0.5) is 0 Å². The number of hydrogen-bond donors (Lipinski definition) is 1. The highest BCUT2D eigenvalue weighted by Gasteiger charge is 2.34. The summed E-state index contributed by atoms with van der Waals surface area (Å²) in [5.74, 6) is 0.184. The van der Waals surface area contributed by atoms with Crippen molar-refractivity contribution in [3.63, 3.8) is 0 Å². The molecular formula is C11H22N2O3S. The third-order valence-corrected chi connectivity index (χ3v) is 5.48. The van der Waals surface area contributed by atoms with Crippen LogP contribution in [0.15, 0.2) is 0 Å². The zero-order valence-electron chi connectivity index (χ0n) is 10.6. The van der Waals surface area contributed by atoms with Gasteiger partial charge in [0.1, 0.15) is 0 Å². The molecule has 1 N–H and O–H groups in total. The number of sulfonamides is 1. The van der Waals surface area contributed by atoms with E-state index in [1.165, 1.54) is 17.1 Å². The van der Waals surface area contributed by atoms with Crippen LogP contribution in [0.1, 0.15) is 26.2 Å². The molecule has 1 saturated carbocycles. The fourth-order valence-corrected chi connectivity index (χ4v) is 3.58. The van der Waals surface area contributed by atoms with E-state index in [2.05, 4.69) is 5.32 Å². The van der Waals surface area contributed by atoms with Gasteiger partial charge < -0.3 is 10.1 Å². The Labute approximate surface area is 104 Å². The standard InChI is InChI=1S/C11H22N2O3S/c1-9-11(5-7-16-9)13(2)17(14,15)8-6-12-10-3-4-10/h9-12H,3-8H2,1-2H3. The summed E-state index contributed by atoms with van der Waals surface area (Å²) < 4.78 is 31.1. The minimum Gasteiger partial charge on any atom is -0.377 e. The lowest BCUT2D eigenvalue weighted by molar-refractivity contribution is 0.102. The number of nitrogens with one attached hydrogen (secondary N) is 1. The molecule has 1 saturated heterocycles. The van der Waals surface area contributed by atoms with Crippen molar-refractivity contribution >= 4 is 10.0 Å². The van der Waals surface area contributed by atoms with Crippen molar-refractivity contribution in [2.45, 2.75) is 44.4 Å². The van der Waals surface area contributed by atoms with Crippen molar-refractivity contribution in [1.82, 2.24) is 9.62 Å². The highest BCUT2D eigenvalue weighted by atomic mass is 32.2. The van der Waals surface area contributed by atoms with E-state index in [1.807, 2.05) is 6.92 Å². The Bertz CT molecular complexity index is 354. The van der Waals surface area contributed by atoms with Crippen LogP contribution >= 0.6 is 0 Å². The average Bonchev–Trinajstić information content (AvgIpc) is 2.98. The molecule has 17 heavy (non-hydrogen) atoms. The Balaban J connectivity index is 1.84. The third-order valence-electron chi connectivity index (χ3n) is 3.61. The third kappa shape index (κ3) is 3.40. The molecule has 0 aromatic rings. The second-order valence-electron chi connectivity index (χ2n) is 4.99. The molecule has 2 fully saturated rings. The van der Waals surface area contributed by atoms with Gasteiger partial charge in [0.05, 0.1) is 17.9 Å². The van der Waals surface area contributed by atoms with E-state index in [0.717, 1.165) is 6.42 Å². The summed E-state index contributed by atoms with van der Waals surface area (Å²) in [6.07, 6.45) is 3.17. The summed E-state index contributed by atoms with van der Waals surface area (Å²) in [5.41, 5.74) is 0. The molecule has 0 spiro atoms. The average molecular weight is 262 g/mol. The van der Waals surface area contributed by atoms with Crippen molar-refractivity contribution in [2.75, 3.05) is 26.0 Å². The first-order chi connectivity index (χ1) is 8.00. The van der Waals surface area contributed by atoms with Gasteiger partial charge in [0, 0.05) is 26.2 Å². The molecule has 0 aromatic carbocycles. The van der Waals surface area contributed by atoms with Crippen LogP contribution in [-0.2, 0) is 14.8 Å². The van der Waals surface area contributed by atoms with Crippen LogP contribution in [0.2, 0.25) is 0 Å². The quantitative estimate of drug-likeness (QED) is 0.742. The molecule has 1 aliphatic carbocycles. The first-order valence-electron chi connectivity index (χ1n) is 6.31. The van der Waals surface area contributed by atoms with Gasteiger partial charge in [-0.1, -0.05) is 0 Å². The monoisotopic (exact) mass is 262 g/mol. The molecule has 1 heterocycles. The fraction of sp³-hybridized carbons (Fsp3) is 1.00. The van der Waals surface area contributed by atoms with E-state index >= 15 is 0 Å². The van der Waals surface area contributed by atoms with Gasteiger partial charge in [0.25, 0.3) is 0 Å². The van der Waals surface area contributed by atoms with Gasteiger partial charge in [0.2, 0.25) is 10.0 Å². The van der Waals surface area contributed by atoms with Gasteiger partial charge >= 0.3 is 0 Å². The Morgan fingerprint density at radius 2 is 2.06 bits per heavy atom. The predicted molar refractivity (Wildman–Crippen MR) is 66.4 cm³/mol. The summed E-state index contributed by atoms with van der Waals surface area (Å²) in [5, 5.41) is 3.23. The summed E-state index contributed by atoms with van der Waals surface area (Å²) >= 11 is 0. The first kappa shape index (κ1) is 13.3. The second kappa shape index (κ2) is 5.22. The van der Waals surface area contributed by atoms with Crippen LogP contribution in [0.5, 0.6) is 0 Å². The van der Waals surface area contributed by atoms with Crippen LogP contribution < -0.4 is 5.32 Å².